The maximum absolute atomic E-state index is 2.49. The molecule has 1 aromatic heterocycles. The number of hydrogen-bond acceptors (Lipinski definition) is 1. The summed E-state index contributed by atoms with van der Waals surface area (Å²) in [4.78, 5) is 0. The van der Waals surface area contributed by atoms with Crippen LogP contribution >= 0.6 is 11.3 Å². The number of rotatable bonds is 2. The molecule has 0 N–H and O–H groups in total. The number of hydrogen-bond donors (Lipinski definition) is 0. The summed E-state index contributed by atoms with van der Waals surface area (Å²) in [5.41, 5.74) is 18.3. The van der Waals surface area contributed by atoms with Crippen LogP contribution in [0.25, 0.3) is 125 Å². The maximum atomic E-state index is 2.49. The van der Waals surface area contributed by atoms with Crippen LogP contribution in [0.3, 0.4) is 0 Å². The first kappa shape index (κ1) is 37.0. The third kappa shape index (κ3) is 4.69. The lowest BCUT2D eigenvalue weighted by molar-refractivity contribution is 0.809. The molecule has 0 saturated carbocycles. The monoisotopic (exact) mass is 876 g/mol. The summed E-state index contributed by atoms with van der Waals surface area (Å²) in [7, 11) is 0. The van der Waals surface area contributed by atoms with Crippen LogP contribution in [-0.2, 0) is 11.8 Å². The highest BCUT2D eigenvalue weighted by atomic mass is 32.1. The van der Waals surface area contributed by atoms with Gasteiger partial charge in [0.05, 0.1) is 5.41 Å². The molecular weight excluding hydrogens is 837 g/mol. The van der Waals surface area contributed by atoms with Gasteiger partial charge in [0.15, 0.2) is 0 Å². The van der Waals surface area contributed by atoms with Crippen molar-refractivity contribution in [1.29, 1.82) is 0 Å². The normalized spacial score (nSPS) is 14.1. The maximum Gasteiger partial charge on any atom is 0.0737 e. The molecule has 0 fully saturated rings. The summed E-state index contributed by atoms with van der Waals surface area (Å²) in [6.45, 7) is 0. The summed E-state index contributed by atoms with van der Waals surface area (Å²) in [6, 6.07) is 79.2. The van der Waals surface area contributed by atoms with Gasteiger partial charge >= 0.3 is 0 Å². The molecule has 1 heterocycles. The Morgan fingerprint density at radius 1 is 0.353 bits per heavy atom. The van der Waals surface area contributed by atoms with E-state index >= 15 is 0 Å². The van der Waals surface area contributed by atoms with E-state index in [4.69, 9.17) is 0 Å². The zero-order chi connectivity index (χ0) is 44.2. The third-order valence-corrected chi connectivity index (χ3v) is 17.2. The smallest absolute Gasteiger partial charge is 0.0737 e. The van der Waals surface area contributed by atoms with Crippen LogP contribution in [0, 0.1) is 0 Å². The van der Waals surface area contributed by atoms with Gasteiger partial charge in [-0.15, -0.1) is 11.3 Å². The molecule has 3 aliphatic carbocycles. The second-order valence-corrected chi connectivity index (χ2v) is 20.3. The van der Waals surface area contributed by atoms with Gasteiger partial charge in [0.1, 0.15) is 0 Å². The molecule has 0 amide bonds. The van der Waals surface area contributed by atoms with E-state index in [1.807, 2.05) is 11.3 Å². The quantitative estimate of drug-likeness (QED) is 0.120. The summed E-state index contributed by atoms with van der Waals surface area (Å²) in [5, 5.41) is 15.6. The van der Waals surface area contributed by atoms with Crippen molar-refractivity contribution in [3.05, 3.63) is 246 Å². The molecule has 0 saturated heterocycles. The Morgan fingerprint density at radius 3 is 1.57 bits per heavy atom. The van der Waals surface area contributed by atoms with Crippen molar-refractivity contribution in [2.24, 2.45) is 0 Å². The second-order valence-electron chi connectivity index (χ2n) is 19.2. The second kappa shape index (κ2) is 13.5. The Kier molecular flexibility index (Phi) is 7.36. The van der Waals surface area contributed by atoms with Crippen molar-refractivity contribution < 1.29 is 0 Å². The predicted molar refractivity (Wildman–Crippen MR) is 291 cm³/mol. The zero-order valence-electron chi connectivity index (χ0n) is 37.1. The Balaban J connectivity index is 0.962. The van der Waals surface area contributed by atoms with E-state index in [1.54, 1.807) is 0 Å². The fourth-order valence-electron chi connectivity index (χ4n) is 13.4. The molecule has 0 aliphatic heterocycles. The molecule has 3 aliphatic rings. The average molecular weight is 877 g/mol. The first-order valence-corrected chi connectivity index (χ1v) is 24.9. The van der Waals surface area contributed by atoms with Crippen LogP contribution in [0.1, 0.15) is 39.8 Å². The molecule has 0 radical (unpaired) electrons. The first-order chi connectivity index (χ1) is 33.7. The minimum atomic E-state index is -0.505. The zero-order valence-corrected chi connectivity index (χ0v) is 37.9. The predicted octanol–water partition coefficient (Wildman–Crippen LogP) is 18.5. The SMILES string of the molecule is C1=Cc2cc3c(cc2CC1)sc1ccc(-c2c4ccccc4c(-c4ccc5c6c(ccc5c4)-c4c(c5ccccc5c5ccccc45)C64c5ccccc5-c5ccccc54)c4ccccc24)cc13. The van der Waals surface area contributed by atoms with Crippen molar-refractivity contribution in [2.45, 2.75) is 18.3 Å². The van der Waals surface area contributed by atoms with Gasteiger partial charge in [0.2, 0.25) is 0 Å². The molecule has 12 aromatic carbocycles. The lowest BCUT2D eigenvalue weighted by Gasteiger charge is -2.32. The Labute approximate surface area is 397 Å². The van der Waals surface area contributed by atoms with E-state index in [1.165, 1.54) is 152 Å². The lowest BCUT2D eigenvalue weighted by Crippen LogP contribution is -2.26. The van der Waals surface area contributed by atoms with Crippen molar-refractivity contribution in [3.8, 4) is 44.5 Å². The summed E-state index contributed by atoms with van der Waals surface area (Å²) in [5.74, 6) is 0. The fourth-order valence-corrected chi connectivity index (χ4v) is 14.5. The summed E-state index contributed by atoms with van der Waals surface area (Å²) >= 11 is 1.93. The standard InChI is InChI=1S/C67H40S/c1-2-16-40-38-61-57(36-39(40)15-1)56-37-43(31-34-60(56)68-61)63-52-24-8-6-22-50(52)62(51-23-7-9-25-53(51)63)42-30-32-44-41(35-42)29-33-55-64-49-21-5-3-17-45(49)46-18-4-10-26-54(46)66(64)67(65(44)55)58-27-13-11-19-47(58)48-20-12-14-28-59(48)67/h1,3-15,17-38H,2,16H2. The number of benzene rings is 12. The molecule has 16 rings (SSSR count). The number of allylic oxidation sites excluding steroid dienone is 1. The molecular formula is C67H40S. The highest BCUT2D eigenvalue weighted by Crippen LogP contribution is 2.66. The number of fused-ring (bicyclic) bond motifs is 23. The highest BCUT2D eigenvalue weighted by molar-refractivity contribution is 7.25. The van der Waals surface area contributed by atoms with E-state index in [2.05, 4.69) is 218 Å². The van der Waals surface area contributed by atoms with Gasteiger partial charge in [0, 0.05) is 20.2 Å². The van der Waals surface area contributed by atoms with Gasteiger partial charge in [-0.25, -0.2) is 0 Å². The molecule has 68 heavy (non-hydrogen) atoms. The van der Waals surface area contributed by atoms with Gasteiger partial charge in [-0.2, -0.15) is 0 Å². The first-order valence-electron chi connectivity index (χ1n) is 24.0. The van der Waals surface area contributed by atoms with Crippen molar-refractivity contribution >= 4 is 91.4 Å². The third-order valence-electron chi connectivity index (χ3n) is 16.0. The van der Waals surface area contributed by atoms with E-state index in [0.29, 0.717) is 0 Å². The van der Waals surface area contributed by atoms with Gasteiger partial charge < -0.3 is 0 Å². The Bertz CT molecular complexity index is 4340. The Morgan fingerprint density at radius 2 is 0.897 bits per heavy atom. The minimum absolute atomic E-state index is 0.505. The van der Waals surface area contributed by atoms with Gasteiger partial charge in [-0.05, 0) is 175 Å². The van der Waals surface area contributed by atoms with Crippen LogP contribution < -0.4 is 0 Å². The van der Waals surface area contributed by atoms with Crippen molar-refractivity contribution in [2.75, 3.05) is 0 Å². The summed E-state index contributed by atoms with van der Waals surface area (Å²) in [6.07, 6.45) is 6.89. The topological polar surface area (TPSA) is 0 Å². The van der Waals surface area contributed by atoms with E-state index in [0.717, 1.165) is 12.8 Å². The van der Waals surface area contributed by atoms with Gasteiger partial charge in [0.25, 0.3) is 0 Å². The van der Waals surface area contributed by atoms with Crippen LogP contribution in [0.5, 0.6) is 0 Å². The fraction of sp³-hybridized carbons (Fsp3) is 0.0448. The number of thiophene rings is 1. The van der Waals surface area contributed by atoms with E-state index in [9.17, 15) is 0 Å². The van der Waals surface area contributed by atoms with Crippen LogP contribution in [0.15, 0.2) is 212 Å². The van der Waals surface area contributed by atoms with Crippen LogP contribution in [0.4, 0.5) is 0 Å². The molecule has 13 aromatic rings. The van der Waals surface area contributed by atoms with E-state index in [-0.39, 0.29) is 0 Å². The Hall–Kier alpha value is -8.10. The molecule has 1 spiro atoms. The van der Waals surface area contributed by atoms with Crippen molar-refractivity contribution in [3.63, 3.8) is 0 Å². The molecule has 0 atom stereocenters. The molecule has 0 bridgehead atoms. The largest absolute Gasteiger partial charge is 0.135 e. The van der Waals surface area contributed by atoms with Crippen LogP contribution in [0.2, 0.25) is 0 Å². The molecule has 0 nitrogen and oxygen atoms in total. The van der Waals surface area contributed by atoms with Gasteiger partial charge in [-0.3, -0.25) is 0 Å². The summed E-state index contributed by atoms with van der Waals surface area (Å²) < 4.78 is 2.73. The molecule has 0 unspecified atom stereocenters. The lowest BCUT2D eigenvalue weighted by atomic mass is 9.68. The number of aryl methyl sites for hydroxylation is 1. The van der Waals surface area contributed by atoms with Crippen molar-refractivity contribution in [1.82, 2.24) is 0 Å². The van der Waals surface area contributed by atoms with E-state index < -0.39 is 5.41 Å². The minimum Gasteiger partial charge on any atom is -0.135 e. The molecule has 1 heteroatoms. The highest BCUT2D eigenvalue weighted by Gasteiger charge is 2.53. The average Bonchev–Trinajstić information content (AvgIpc) is 4.03. The van der Waals surface area contributed by atoms with Crippen LogP contribution in [-0.4, -0.2) is 0 Å². The van der Waals surface area contributed by atoms with Gasteiger partial charge in [-0.1, -0.05) is 188 Å². The molecule has 314 valence electrons.